The summed E-state index contributed by atoms with van der Waals surface area (Å²) in [5, 5.41) is 0. The van der Waals surface area contributed by atoms with Gasteiger partial charge in [0.1, 0.15) is 0 Å². The molecule has 6 nitrogen and oxygen atoms in total. The van der Waals surface area contributed by atoms with Crippen LogP contribution in [0.3, 0.4) is 0 Å². The molecule has 2 N–H and O–H groups in total. The molecule has 0 bridgehead atoms. The van der Waals surface area contributed by atoms with Gasteiger partial charge in [0, 0.05) is 12.0 Å². The van der Waals surface area contributed by atoms with Crippen LogP contribution in [0.5, 0.6) is 11.5 Å². The smallest absolute Gasteiger partial charge is 0.269 e. The summed E-state index contributed by atoms with van der Waals surface area (Å²) in [6, 6.07) is 12.8. The van der Waals surface area contributed by atoms with Crippen molar-refractivity contribution >= 4 is 11.8 Å². The molecule has 0 aromatic heterocycles. The monoisotopic (exact) mass is 356 g/mol. The molecular formula is C20H24N2O4. The number of ether oxygens (including phenoxy) is 2. The fraction of sp³-hybridized carbons (Fsp3) is 0.300. The number of aryl methyl sites for hydroxylation is 2. The maximum Gasteiger partial charge on any atom is 0.269 e. The van der Waals surface area contributed by atoms with Crippen molar-refractivity contribution in [1.29, 1.82) is 0 Å². The fourth-order valence-corrected chi connectivity index (χ4v) is 2.55. The Morgan fingerprint density at radius 1 is 0.962 bits per heavy atom. The molecule has 0 fully saturated rings. The molecule has 0 radical (unpaired) electrons. The molecular weight excluding hydrogens is 332 g/mol. The highest BCUT2D eigenvalue weighted by Gasteiger charge is 2.12. The van der Waals surface area contributed by atoms with Crippen molar-refractivity contribution in [3.8, 4) is 11.5 Å². The molecule has 0 saturated heterocycles. The number of benzene rings is 2. The number of rotatable bonds is 7. The van der Waals surface area contributed by atoms with Crippen LogP contribution in [0.4, 0.5) is 0 Å². The van der Waals surface area contributed by atoms with Crippen LogP contribution in [0.25, 0.3) is 0 Å². The molecule has 0 atom stereocenters. The highest BCUT2D eigenvalue weighted by molar-refractivity contribution is 5.95. The van der Waals surface area contributed by atoms with Gasteiger partial charge in [-0.2, -0.15) is 0 Å². The van der Waals surface area contributed by atoms with Crippen LogP contribution in [0, 0.1) is 0 Å². The van der Waals surface area contributed by atoms with Gasteiger partial charge >= 0.3 is 0 Å². The van der Waals surface area contributed by atoms with Crippen LogP contribution in [0.1, 0.15) is 34.8 Å². The molecule has 0 unspecified atom stereocenters. The van der Waals surface area contributed by atoms with Gasteiger partial charge in [-0.15, -0.1) is 0 Å². The Hall–Kier alpha value is -3.02. The van der Waals surface area contributed by atoms with Crippen molar-refractivity contribution < 1.29 is 19.1 Å². The number of hydrogen-bond acceptors (Lipinski definition) is 4. The summed E-state index contributed by atoms with van der Waals surface area (Å²) in [7, 11) is 3.13. The van der Waals surface area contributed by atoms with Crippen LogP contribution >= 0.6 is 0 Å². The quantitative estimate of drug-likeness (QED) is 0.748. The number of carbonyl (C=O) groups is 2. The number of hydrogen-bond donors (Lipinski definition) is 2. The van der Waals surface area contributed by atoms with Crippen molar-refractivity contribution in [3.05, 3.63) is 59.2 Å². The highest BCUT2D eigenvalue weighted by Crippen LogP contribution is 2.31. The van der Waals surface area contributed by atoms with Gasteiger partial charge in [0.2, 0.25) is 5.91 Å². The molecule has 138 valence electrons. The summed E-state index contributed by atoms with van der Waals surface area (Å²) >= 11 is 0. The van der Waals surface area contributed by atoms with E-state index in [1.165, 1.54) is 0 Å². The van der Waals surface area contributed by atoms with Crippen molar-refractivity contribution in [3.63, 3.8) is 0 Å². The third kappa shape index (κ3) is 4.99. The molecule has 0 heterocycles. The molecule has 0 aliphatic rings. The first-order valence-corrected chi connectivity index (χ1v) is 8.47. The van der Waals surface area contributed by atoms with Gasteiger partial charge < -0.3 is 9.47 Å². The summed E-state index contributed by atoms with van der Waals surface area (Å²) in [6.07, 6.45) is 1.58. The van der Waals surface area contributed by atoms with Crippen molar-refractivity contribution in [1.82, 2.24) is 10.9 Å². The average molecular weight is 356 g/mol. The first-order valence-electron chi connectivity index (χ1n) is 8.47. The number of nitrogens with one attached hydrogen (secondary N) is 2. The van der Waals surface area contributed by atoms with E-state index in [0.717, 1.165) is 17.5 Å². The van der Waals surface area contributed by atoms with Gasteiger partial charge in [-0.05, 0) is 42.2 Å². The molecule has 2 aromatic rings. The zero-order valence-electron chi connectivity index (χ0n) is 15.3. The Kier molecular flexibility index (Phi) is 7.02. The standard InChI is InChI=1S/C20H24N2O4/c1-4-14-8-10-16(11-9-14)20(24)22-21-18(23)13-12-15-6-5-7-17(25-2)19(15)26-3/h5-11H,4,12-13H2,1-3H3,(H,21,23)(H,22,24). The predicted molar refractivity (Wildman–Crippen MR) is 99.3 cm³/mol. The van der Waals surface area contributed by atoms with E-state index in [9.17, 15) is 9.59 Å². The first-order chi connectivity index (χ1) is 12.6. The van der Waals surface area contributed by atoms with Crippen LogP contribution in [-0.2, 0) is 17.6 Å². The predicted octanol–water partition coefficient (Wildman–Crippen LogP) is 2.66. The van der Waals surface area contributed by atoms with E-state index >= 15 is 0 Å². The van der Waals surface area contributed by atoms with Gasteiger partial charge in [0.05, 0.1) is 14.2 Å². The minimum atomic E-state index is -0.347. The van der Waals surface area contributed by atoms with E-state index in [2.05, 4.69) is 10.9 Å². The number of methoxy groups -OCH3 is 2. The molecule has 2 rings (SSSR count). The van der Waals surface area contributed by atoms with E-state index in [0.29, 0.717) is 23.5 Å². The molecule has 0 aliphatic heterocycles. The summed E-state index contributed by atoms with van der Waals surface area (Å²) in [5.41, 5.74) is 7.38. The number of hydrazine groups is 1. The van der Waals surface area contributed by atoms with Gasteiger partial charge in [-0.25, -0.2) is 0 Å². The van der Waals surface area contributed by atoms with E-state index < -0.39 is 0 Å². The summed E-state index contributed by atoms with van der Waals surface area (Å²) in [6.45, 7) is 2.05. The third-order valence-corrected chi connectivity index (χ3v) is 4.05. The lowest BCUT2D eigenvalue weighted by molar-refractivity contribution is -0.121. The van der Waals surface area contributed by atoms with Gasteiger partial charge in [0.15, 0.2) is 11.5 Å². The zero-order valence-corrected chi connectivity index (χ0v) is 15.3. The Morgan fingerprint density at radius 3 is 2.31 bits per heavy atom. The minimum absolute atomic E-state index is 0.207. The van der Waals surface area contributed by atoms with E-state index in [1.807, 2.05) is 31.2 Å². The van der Waals surface area contributed by atoms with Crippen molar-refractivity contribution in [2.75, 3.05) is 14.2 Å². The molecule has 0 saturated carbocycles. The summed E-state index contributed by atoms with van der Waals surface area (Å²) < 4.78 is 10.6. The Balaban J connectivity index is 1.86. The molecule has 26 heavy (non-hydrogen) atoms. The first kappa shape index (κ1) is 19.3. The number of amides is 2. The molecule has 0 spiro atoms. The normalized spacial score (nSPS) is 10.1. The van der Waals surface area contributed by atoms with Gasteiger partial charge in [-0.1, -0.05) is 31.2 Å². The van der Waals surface area contributed by atoms with Crippen molar-refractivity contribution in [2.24, 2.45) is 0 Å². The highest BCUT2D eigenvalue weighted by atomic mass is 16.5. The Morgan fingerprint density at radius 2 is 1.69 bits per heavy atom. The van der Waals surface area contributed by atoms with Crippen LogP contribution in [0.2, 0.25) is 0 Å². The molecule has 0 aliphatic carbocycles. The second-order valence-corrected chi connectivity index (χ2v) is 5.71. The maximum atomic E-state index is 12.0. The molecule has 2 aromatic carbocycles. The Bertz CT molecular complexity index is 757. The van der Waals surface area contributed by atoms with Crippen LogP contribution < -0.4 is 20.3 Å². The Labute approximate surface area is 153 Å². The average Bonchev–Trinajstić information content (AvgIpc) is 2.69. The van der Waals surface area contributed by atoms with Crippen LogP contribution in [0.15, 0.2) is 42.5 Å². The SMILES string of the molecule is CCc1ccc(C(=O)NNC(=O)CCc2cccc(OC)c2OC)cc1. The lowest BCUT2D eigenvalue weighted by Gasteiger charge is -2.12. The van der Waals surface area contributed by atoms with Crippen LogP contribution in [-0.4, -0.2) is 26.0 Å². The van der Waals surface area contributed by atoms with E-state index in [-0.39, 0.29) is 18.2 Å². The number of para-hydroxylation sites is 1. The lowest BCUT2D eigenvalue weighted by Crippen LogP contribution is -2.41. The summed E-state index contributed by atoms with van der Waals surface area (Å²) in [4.78, 5) is 24.1. The second kappa shape index (κ2) is 9.46. The maximum absolute atomic E-state index is 12.0. The lowest BCUT2D eigenvalue weighted by atomic mass is 10.1. The molecule has 2 amide bonds. The largest absolute Gasteiger partial charge is 0.493 e. The van der Waals surface area contributed by atoms with Gasteiger partial charge in [0.25, 0.3) is 5.91 Å². The fourth-order valence-electron chi connectivity index (χ4n) is 2.55. The third-order valence-electron chi connectivity index (χ3n) is 4.05. The van der Waals surface area contributed by atoms with Crippen molar-refractivity contribution in [2.45, 2.75) is 26.2 Å². The topological polar surface area (TPSA) is 76.7 Å². The van der Waals surface area contributed by atoms with E-state index in [1.54, 1.807) is 32.4 Å². The second-order valence-electron chi connectivity index (χ2n) is 5.71. The van der Waals surface area contributed by atoms with E-state index in [4.69, 9.17) is 9.47 Å². The number of carbonyl (C=O) groups excluding carboxylic acids is 2. The zero-order chi connectivity index (χ0) is 18.9. The van der Waals surface area contributed by atoms with Gasteiger partial charge in [-0.3, -0.25) is 20.4 Å². The minimum Gasteiger partial charge on any atom is -0.493 e. The molecule has 6 heteroatoms. The summed E-state index contributed by atoms with van der Waals surface area (Å²) in [5.74, 6) is 0.602.